The van der Waals surface area contributed by atoms with Crippen molar-refractivity contribution in [2.45, 2.75) is 57.6 Å². The van der Waals surface area contributed by atoms with Crippen LogP contribution in [0.3, 0.4) is 0 Å². The molecule has 1 fully saturated rings. The molecular weight excluding hydrogens is 395 g/mol. The Bertz CT molecular complexity index is 1080. The number of aromatic amines is 1. The number of halogens is 1. The molecule has 1 aliphatic carbocycles. The average molecular weight is 423 g/mol. The zero-order chi connectivity index (χ0) is 21.4. The van der Waals surface area contributed by atoms with E-state index in [0.717, 1.165) is 36.4 Å². The van der Waals surface area contributed by atoms with Crippen molar-refractivity contribution in [1.29, 1.82) is 0 Å². The Hall–Kier alpha value is -3.13. The van der Waals surface area contributed by atoms with Crippen LogP contribution < -0.4 is 20.9 Å². The summed E-state index contributed by atoms with van der Waals surface area (Å²) in [7, 11) is 0. The fourth-order valence-electron chi connectivity index (χ4n) is 4.32. The summed E-state index contributed by atoms with van der Waals surface area (Å²) in [6.07, 6.45) is 6.76. The summed E-state index contributed by atoms with van der Waals surface area (Å²) < 4.78 is 20.9. The van der Waals surface area contributed by atoms with Gasteiger partial charge in [-0.05, 0) is 48.9 Å². The van der Waals surface area contributed by atoms with E-state index in [0.29, 0.717) is 35.4 Å². The highest BCUT2D eigenvalue weighted by molar-refractivity contribution is 5.66. The zero-order valence-corrected chi connectivity index (χ0v) is 17.7. The molecular formula is C23H27FN6O. The van der Waals surface area contributed by atoms with E-state index in [1.54, 1.807) is 12.3 Å². The van der Waals surface area contributed by atoms with E-state index in [-0.39, 0.29) is 11.9 Å². The van der Waals surface area contributed by atoms with Gasteiger partial charge in [0, 0.05) is 36.0 Å². The Morgan fingerprint density at radius 3 is 2.97 bits per heavy atom. The summed E-state index contributed by atoms with van der Waals surface area (Å²) in [6.45, 7) is 4.76. The third kappa shape index (κ3) is 4.07. The first-order chi connectivity index (χ1) is 15.1. The number of rotatable bonds is 6. The summed E-state index contributed by atoms with van der Waals surface area (Å²) in [6, 6.07) is 7.63. The molecule has 3 aromatic rings. The largest absolute Gasteiger partial charge is 0.489 e. The summed E-state index contributed by atoms with van der Waals surface area (Å²) in [5, 5.41) is 10.6. The van der Waals surface area contributed by atoms with Gasteiger partial charge in [-0.15, -0.1) is 0 Å². The lowest BCUT2D eigenvalue weighted by atomic mass is 10.0. The van der Waals surface area contributed by atoms with Crippen LogP contribution in [0.5, 0.6) is 5.75 Å². The number of pyridine rings is 1. The Balaban J connectivity index is 1.22. The summed E-state index contributed by atoms with van der Waals surface area (Å²) >= 11 is 0. The second-order valence-electron chi connectivity index (χ2n) is 8.62. The van der Waals surface area contributed by atoms with E-state index in [9.17, 15) is 4.39 Å². The number of aromatic nitrogens is 3. The quantitative estimate of drug-likeness (QED) is 0.449. The fourth-order valence-corrected chi connectivity index (χ4v) is 4.32. The van der Waals surface area contributed by atoms with Crippen LogP contribution in [0.4, 0.5) is 21.6 Å². The number of hydrogen-bond acceptors (Lipinski definition) is 6. The first kappa shape index (κ1) is 19.8. The third-order valence-corrected chi connectivity index (χ3v) is 6.12. The van der Waals surface area contributed by atoms with Gasteiger partial charge >= 0.3 is 0 Å². The van der Waals surface area contributed by atoms with Crippen LogP contribution in [0, 0.1) is 5.82 Å². The molecule has 1 aromatic carbocycles. The summed E-state index contributed by atoms with van der Waals surface area (Å²) in [4.78, 5) is 4.31. The van der Waals surface area contributed by atoms with Crippen LogP contribution in [-0.2, 0) is 6.54 Å². The lowest BCUT2D eigenvalue weighted by Crippen LogP contribution is -2.12. The minimum Gasteiger partial charge on any atom is -0.489 e. The lowest BCUT2D eigenvalue weighted by Gasteiger charge is -2.15. The molecule has 4 N–H and O–H groups in total. The number of H-pyrrole nitrogens is 1. The van der Waals surface area contributed by atoms with Gasteiger partial charge in [0.25, 0.3) is 0 Å². The maximum Gasteiger partial charge on any atom is 0.153 e. The van der Waals surface area contributed by atoms with Crippen LogP contribution in [0.2, 0.25) is 0 Å². The van der Waals surface area contributed by atoms with Crippen LogP contribution in [-0.4, -0.2) is 21.3 Å². The van der Waals surface area contributed by atoms with Gasteiger partial charge in [-0.1, -0.05) is 13.8 Å². The number of hydrazine groups is 1. The van der Waals surface area contributed by atoms with Gasteiger partial charge in [-0.3, -0.25) is 10.1 Å². The maximum absolute atomic E-state index is 14.7. The Kier molecular flexibility index (Phi) is 5.23. The number of nitrogens with one attached hydrogen (secondary N) is 4. The van der Waals surface area contributed by atoms with Gasteiger partial charge in [0.05, 0.1) is 23.7 Å². The van der Waals surface area contributed by atoms with Crippen LogP contribution in [0.1, 0.15) is 61.8 Å². The molecule has 8 heteroatoms. The minimum absolute atomic E-state index is 0.156. The standard InChI is InChI=1S/C23H27FN6O/c1-13(2)15-8-17(11-25-10-15)31-16-4-3-14(7-16)21-9-22(30-29-21)27-20-6-5-19-18(23(20)24)12-26-28-19/h5-6,8-11,13-14,16,26,28H,3-4,7,12H2,1-2H3,(H2,27,29,30). The number of benzene rings is 1. The van der Waals surface area contributed by atoms with Gasteiger partial charge in [0.1, 0.15) is 5.75 Å². The molecule has 5 rings (SSSR count). The predicted molar refractivity (Wildman–Crippen MR) is 118 cm³/mol. The van der Waals surface area contributed by atoms with Crippen molar-refractivity contribution in [2.24, 2.45) is 0 Å². The van der Waals surface area contributed by atoms with E-state index in [1.807, 2.05) is 18.3 Å². The van der Waals surface area contributed by atoms with Gasteiger partial charge in [-0.25, -0.2) is 9.82 Å². The van der Waals surface area contributed by atoms with Crippen molar-refractivity contribution in [1.82, 2.24) is 20.6 Å². The first-order valence-electron chi connectivity index (χ1n) is 10.8. The second kappa shape index (κ2) is 8.19. The third-order valence-electron chi connectivity index (χ3n) is 6.12. The minimum atomic E-state index is -0.258. The second-order valence-corrected chi connectivity index (χ2v) is 8.62. The molecule has 2 aromatic heterocycles. The average Bonchev–Trinajstić information content (AvgIpc) is 3.51. The predicted octanol–water partition coefficient (Wildman–Crippen LogP) is 4.96. The van der Waals surface area contributed by atoms with Crippen molar-refractivity contribution < 1.29 is 9.13 Å². The van der Waals surface area contributed by atoms with Crippen LogP contribution in [0.25, 0.3) is 0 Å². The van der Waals surface area contributed by atoms with E-state index in [1.165, 1.54) is 5.56 Å². The fraction of sp³-hybridized carbons (Fsp3) is 0.391. The molecule has 2 unspecified atom stereocenters. The maximum atomic E-state index is 14.7. The zero-order valence-electron chi connectivity index (χ0n) is 17.7. The normalized spacial score (nSPS) is 20.0. The summed E-state index contributed by atoms with van der Waals surface area (Å²) in [5.41, 5.74) is 9.94. The van der Waals surface area contributed by atoms with E-state index >= 15 is 0 Å². The molecule has 2 atom stereocenters. The number of ether oxygens (including phenoxy) is 1. The molecule has 2 aliphatic rings. The molecule has 7 nitrogen and oxygen atoms in total. The SMILES string of the molecule is CC(C)c1cncc(OC2CCC(c3cc(Nc4ccc5c(c4F)CNN5)n[nH]3)C2)c1. The summed E-state index contributed by atoms with van der Waals surface area (Å²) in [5.74, 6) is 1.95. The van der Waals surface area contributed by atoms with Crippen molar-refractivity contribution in [3.63, 3.8) is 0 Å². The van der Waals surface area contributed by atoms with Crippen molar-refractivity contribution >= 4 is 17.2 Å². The Labute approximate surface area is 180 Å². The van der Waals surface area contributed by atoms with Gasteiger partial charge in [0.15, 0.2) is 11.6 Å². The molecule has 3 heterocycles. The highest BCUT2D eigenvalue weighted by Crippen LogP contribution is 2.37. The van der Waals surface area contributed by atoms with Crippen LogP contribution >= 0.6 is 0 Å². The highest BCUT2D eigenvalue weighted by Gasteiger charge is 2.29. The molecule has 0 saturated heterocycles. The van der Waals surface area contributed by atoms with Gasteiger partial charge in [-0.2, -0.15) is 5.10 Å². The molecule has 1 aliphatic heterocycles. The monoisotopic (exact) mass is 422 g/mol. The van der Waals surface area contributed by atoms with Crippen molar-refractivity contribution in [3.8, 4) is 5.75 Å². The van der Waals surface area contributed by atoms with Gasteiger partial charge < -0.3 is 15.5 Å². The highest BCUT2D eigenvalue weighted by atomic mass is 19.1. The van der Waals surface area contributed by atoms with Crippen molar-refractivity contribution in [2.75, 3.05) is 10.7 Å². The van der Waals surface area contributed by atoms with E-state index < -0.39 is 0 Å². The molecule has 0 radical (unpaired) electrons. The number of fused-ring (bicyclic) bond motifs is 1. The van der Waals surface area contributed by atoms with Gasteiger partial charge in [0.2, 0.25) is 0 Å². The first-order valence-corrected chi connectivity index (χ1v) is 10.8. The molecule has 31 heavy (non-hydrogen) atoms. The Morgan fingerprint density at radius 1 is 1.19 bits per heavy atom. The number of nitrogens with zero attached hydrogens (tertiary/aromatic N) is 2. The molecule has 0 spiro atoms. The van der Waals surface area contributed by atoms with E-state index in [4.69, 9.17) is 4.74 Å². The smallest absolute Gasteiger partial charge is 0.153 e. The van der Waals surface area contributed by atoms with Crippen molar-refractivity contribution in [3.05, 3.63) is 59.3 Å². The molecule has 0 amide bonds. The van der Waals surface area contributed by atoms with Crippen LogP contribution in [0.15, 0.2) is 36.7 Å². The topological polar surface area (TPSA) is 86.9 Å². The number of hydrogen-bond donors (Lipinski definition) is 4. The molecule has 1 saturated carbocycles. The van der Waals surface area contributed by atoms with E-state index in [2.05, 4.69) is 51.3 Å². The lowest BCUT2D eigenvalue weighted by molar-refractivity contribution is 0.207. The molecule has 162 valence electrons. The Morgan fingerprint density at radius 2 is 2.10 bits per heavy atom. The molecule has 0 bridgehead atoms. The number of anilines is 3.